The largest absolute Gasteiger partial charge is 0.484 e. The summed E-state index contributed by atoms with van der Waals surface area (Å²) in [5.41, 5.74) is 7.90. The molecule has 0 amide bonds. The third-order valence-electron chi connectivity index (χ3n) is 5.82. The van der Waals surface area contributed by atoms with Crippen LogP contribution in [-0.4, -0.2) is 30.1 Å². The summed E-state index contributed by atoms with van der Waals surface area (Å²) in [5.74, 6) is 0.459. The van der Waals surface area contributed by atoms with Gasteiger partial charge in [0.05, 0.1) is 11.6 Å². The predicted octanol–water partition coefficient (Wildman–Crippen LogP) is 4.56. The van der Waals surface area contributed by atoms with Gasteiger partial charge in [-0.3, -0.25) is 4.90 Å². The number of fused-ring (bicyclic) bond motifs is 1. The van der Waals surface area contributed by atoms with Gasteiger partial charge >= 0.3 is 6.18 Å². The van der Waals surface area contributed by atoms with Crippen molar-refractivity contribution < 1.29 is 17.9 Å². The number of alkyl halides is 3. The van der Waals surface area contributed by atoms with Crippen LogP contribution >= 0.6 is 0 Å². The second-order valence-electron chi connectivity index (χ2n) is 7.76. The van der Waals surface area contributed by atoms with Gasteiger partial charge in [0.2, 0.25) is 0 Å². The molecule has 0 bridgehead atoms. The molecule has 2 N–H and O–H groups in total. The van der Waals surface area contributed by atoms with E-state index in [4.69, 9.17) is 10.5 Å². The number of nitrogens with zero attached hydrogens (tertiary/aromatic N) is 1. The lowest BCUT2D eigenvalue weighted by Gasteiger charge is -2.43. The summed E-state index contributed by atoms with van der Waals surface area (Å²) in [4.78, 5) is 2.40. The SMILES string of the molecule is N[C@H]1CCCN([C@H]2CCc3ccccc3[C@@H]2Oc2ccc(C(F)(F)F)cc2)C1. The highest BCUT2D eigenvalue weighted by Gasteiger charge is 2.37. The van der Waals surface area contributed by atoms with E-state index in [-0.39, 0.29) is 18.2 Å². The molecule has 3 atom stereocenters. The van der Waals surface area contributed by atoms with E-state index in [1.807, 2.05) is 12.1 Å². The molecule has 1 heterocycles. The molecule has 3 nitrogen and oxygen atoms in total. The zero-order chi connectivity index (χ0) is 19.7. The Bertz CT molecular complexity index is 806. The minimum absolute atomic E-state index is 0.164. The maximum absolute atomic E-state index is 12.9. The number of hydrogen-bond donors (Lipinski definition) is 1. The van der Waals surface area contributed by atoms with Crippen LogP contribution in [-0.2, 0) is 12.6 Å². The van der Waals surface area contributed by atoms with Crippen molar-refractivity contribution in [3.8, 4) is 5.75 Å². The smallest absolute Gasteiger partial charge is 0.416 e. The van der Waals surface area contributed by atoms with Gasteiger partial charge in [-0.1, -0.05) is 24.3 Å². The topological polar surface area (TPSA) is 38.5 Å². The molecule has 0 aromatic heterocycles. The summed E-state index contributed by atoms with van der Waals surface area (Å²) in [6.45, 7) is 1.81. The first-order chi connectivity index (χ1) is 13.4. The average molecular weight is 390 g/mol. The van der Waals surface area contributed by atoms with Crippen LogP contribution in [0.2, 0.25) is 0 Å². The Morgan fingerprint density at radius 3 is 2.46 bits per heavy atom. The number of aryl methyl sites for hydroxylation is 1. The van der Waals surface area contributed by atoms with Crippen LogP contribution in [0.4, 0.5) is 13.2 Å². The average Bonchev–Trinajstić information content (AvgIpc) is 2.68. The number of nitrogens with two attached hydrogens (primary N) is 1. The van der Waals surface area contributed by atoms with Gasteiger partial charge in [-0.25, -0.2) is 0 Å². The fraction of sp³-hybridized carbons (Fsp3) is 0.455. The number of hydrogen-bond acceptors (Lipinski definition) is 3. The summed E-state index contributed by atoms with van der Waals surface area (Å²) in [5, 5.41) is 0. The molecule has 1 aliphatic carbocycles. The normalized spacial score (nSPS) is 25.9. The van der Waals surface area contributed by atoms with Crippen molar-refractivity contribution in [2.75, 3.05) is 13.1 Å². The van der Waals surface area contributed by atoms with Gasteiger partial charge in [0.15, 0.2) is 0 Å². The number of halogens is 3. The standard InChI is InChI=1S/C22H25F3N2O/c23-22(24,25)16-8-10-18(11-9-16)28-21-19-6-2-1-4-15(19)7-12-20(21)27-13-3-5-17(26)14-27/h1-2,4,6,8-11,17,20-21H,3,5,7,12-14,26H2/t17-,20-,21-/m0/s1. The molecule has 0 saturated carbocycles. The molecular weight excluding hydrogens is 365 g/mol. The minimum Gasteiger partial charge on any atom is -0.484 e. The van der Waals surface area contributed by atoms with Crippen LogP contribution in [0.3, 0.4) is 0 Å². The molecule has 1 saturated heterocycles. The lowest BCUT2D eigenvalue weighted by molar-refractivity contribution is -0.137. The number of rotatable bonds is 3. The maximum atomic E-state index is 12.9. The molecule has 0 radical (unpaired) electrons. The first-order valence-corrected chi connectivity index (χ1v) is 9.83. The van der Waals surface area contributed by atoms with Crippen LogP contribution in [0.1, 0.15) is 42.1 Å². The van der Waals surface area contributed by atoms with Crippen LogP contribution < -0.4 is 10.5 Å². The van der Waals surface area contributed by atoms with Crippen molar-refractivity contribution in [2.24, 2.45) is 5.73 Å². The number of likely N-dealkylation sites (tertiary alicyclic amines) is 1. The van der Waals surface area contributed by atoms with Crippen molar-refractivity contribution in [3.63, 3.8) is 0 Å². The van der Waals surface area contributed by atoms with Gasteiger partial charge in [0, 0.05) is 12.6 Å². The van der Waals surface area contributed by atoms with Gasteiger partial charge in [-0.15, -0.1) is 0 Å². The van der Waals surface area contributed by atoms with Gasteiger partial charge in [0.1, 0.15) is 11.9 Å². The third-order valence-corrected chi connectivity index (χ3v) is 5.82. The zero-order valence-electron chi connectivity index (χ0n) is 15.7. The summed E-state index contributed by atoms with van der Waals surface area (Å²) in [6, 6.07) is 13.5. The van der Waals surface area contributed by atoms with Crippen molar-refractivity contribution >= 4 is 0 Å². The van der Waals surface area contributed by atoms with Crippen LogP contribution in [0.25, 0.3) is 0 Å². The summed E-state index contributed by atoms with van der Waals surface area (Å²) < 4.78 is 44.9. The first-order valence-electron chi connectivity index (χ1n) is 9.83. The van der Waals surface area contributed by atoms with Crippen molar-refractivity contribution in [3.05, 3.63) is 65.2 Å². The van der Waals surface area contributed by atoms with E-state index in [0.29, 0.717) is 5.75 Å². The third kappa shape index (κ3) is 4.03. The van der Waals surface area contributed by atoms with E-state index < -0.39 is 11.7 Å². The van der Waals surface area contributed by atoms with Crippen LogP contribution in [0.15, 0.2) is 48.5 Å². The highest BCUT2D eigenvalue weighted by atomic mass is 19.4. The summed E-state index contributed by atoms with van der Waals surface area (Å²) >= 11 is 0. The first kappa shape index (κ1) is 19.3. The van der Waals surface area contributed by atoms with Crippen molar-refractivity contribution in [2.45, 2.75) is 50.0 Å². The zero-order valence-corrected chi connectivity index (χ0v) is 15.7. The maximum Gasteiger partial charge on any atom is 0.416 e. The summed E-state index contributed by atoms with van der Waals surface area (Å²) in [7, 11) is 0. The Balaban J connectivity index is 1.61. The minimum atomic E-state index is -4.34. The van der Waals surface area contributed by atoms with Gasteiger partial charge in [-0.2, -0.15) is 13.2 Å². The number of ether oxygens (including phenoxy) is 1. The lowest BCUT2D eigenvalue weighted by atomic mass is 9.84. The molecule has 2 aromatic rings. The van der Waals surface area contributed by atoms with Crippen LogP contribution in [0, 0.1) is 0 Å². The van der Waals surface area contributed by atoms with E-state index in [2.05, 4.69) is 17.0 Å². The van der Waals surface area contributed by atoms with E-state index in [1.54, 1.807) is 0 Å². The van der Waals surface area contributed by atoms with Gasteiger partial charge in [-0.05, 0) is 67.6 Å². The van der Waals surface area contributed by atoms with E-state index in [0.717, 1.165) is 56.5 Å². The molecule has 6 heteroatoms. The monoisotopic (exact) mass is 390 g/mol. The highest BCUT2D eigenvalue weighted by Crippen LogP contribution is 2.38. The molecule has 0 spiro atoms. The Labute approximate surface area is 163 Å². The van der Waals surface area contributed by atoms with Gasteiger partial charge < -0.3 is 10.5 Å². The Hall–Kier alpha value is -2.05. The molecule has 1 fully saturated rings. The lowest BCUT2D eigenvalue weighted by Crippen LogP contribution is -2.51. The predicted molar refractivity (Wildman–Crippen MR) is 102 cm³/mol. The molecule has 2 aliphatic rings. The van der Waals surface area contributed by atoms with Gasteiger partial charge in [0.25, 0.3) is 0 Å². The molecule has 150 valence electrons. The summed E-state index contributed by atoms with van der Waals surface area (Å²) in [6.07, 6.45) is -0.542. The molecule has 0 unspecified atom stereocenters. The Kier molecular flexibility index (Phi) is 5.34. The second-order valence-corrected chi connectivity index (χ2v) is 7.76. The fourth-order valence-electron chi connectivity index (χ4n) is 4.43. The van der Waals surface area contributed by atoms with E-state index >= 15 is 0 Å². The Morgan fingerprint density at radius 1 is 1.00 bits per heavy atom. The molecule has 4 rings (SSSR count). The Morgan fingerprint density at radius 2 is 1.75 bits per heavy atom. The second kappa shape index (κ2) is 7.76. The molecule has 28 heavy (non-hydrogen) atoms. The quantitative estimate of drug-likeness (QED) is 0.835. The number of benzene rings is 2. The number of piperidine rings is 1. The molecule has 2 aromatic carbocycles. The highest BCUT2D eigenvalue weighted by molar-refractivity contribution is 5.35. The van der Waals surface area contributed by atoms with E-state index in [1.165, 1.54) is 17.7 Å². The van der Waals surface area contributed by atoms with E-state index in [9.17, 15) is 13.2 Å². The fourth-order valence-corrected chi connectivity index (χ4v) is 4.43. The van der Waals surface area contributed by atoms with Crippen molar-refractivity contribution in [1.29, 1.82) is 0 Å². The van der Waals surface area contributed by atoms with Crippen LogP contribution in [0.5, 0.6) is 5.75 Å². The molecule has 1 aliphatic heterocycles. The molecular formula is C22H25F3N2O. The van der Waals surface area contributed by atoms with Crippen molar-refractivity contribution in [1.82, 2.24) is 4.90 Å².